The van der Waals surface area contributed by atoms with Crippen LogP contribution in [0.3, 0.4) is 0 Å². The Hall–Kier alpha value is -1.66. The van der Waals surface area contributed by atoms with Crippen molar-refractivity contribution in [2.75, 3.05) is 26.2 Å². The molecule has 2 N–H and O–H groups in total. The first-order valence-electron chi connectivity index (χ1n) is 9.49. The summed E-state index contributed by atoms with van der Waals surface area (Å²) in [7, 11) is 0. The molecule has 1 aromatic carbocycles. The van der Waals surface area contributed by atoms with E-state index in [-0.39, 0.29) is 36.6 Å². The van der Waals surface area contributed by atoms with Crippen molar-refractivity contribution in [1.82, 2.24) is 15.5 Å². The lowest BCUT2D eigenvalue weighted by Crippen LogP contribution is -2.41. The summed E-state index contributed by atoms with van der Waals surface area (Å²) in [4.78, 5) is 26.3. The third kappa shape index (κ3) is 7.85. The van der Waals surface area contributed by atoms with Crippen molar-refractivity contribution in [3.8, 4) is 0 Å². The van der Waals surface area contributed by atoms with E-state index in [0.717, 1.165) is 31.5 Å². The number of rotatable bonds is 8. The van der Waals surface area contributed by atoms with Crippen molar-refractivity contribution in [3.63, 3.8) is 0 Å². The van der Waals surface area contributed by atoms with Gasteiger partial charge in [0.2, 0.25) is 11.8 Å². The third-order valence-corrected chi connectivity index (χ3v) is 5.16. The van der Waals surface area contributed by atoms with Gasteiger partial charge in [-0.3, -0.25) is 9.59 Å². The van der Waals surface area contributed by atoms with Gasteiger partial charge in [-0.05, 0) is 62.4 Å². The van der Waals surface area contributed by atoms with Gasteiger partial charge in [0, 0.05) is 19.5 Å². The van der Waals surface area contributed by atoms with Crippen LogP contribution in [0, 0.1) is 17.7 Å². The summed E-state index contributed by atoms with van der Waals surface area (Å²) in [5.41, 5.74) is 0.827. The Morgan fingerprint density at radius 3 is 2.48 bits per heavy atom. The maximum absolute atomic E-state index is 12.9. The van der Waals surface area contributed by atoms with Gasteiger partial charge >= 0.3 is 0 Å². The van der Waals surface area contributed by atoms with Crippen LogP contribution in [-0.4, -0.2) is 42.9 Å². The number of piperidine rings is 1. The van der Waals surface area contributed by atoms with Crippen LogP contribution in [-0.2, 0) is 16.1 Å². The summed E-state index contributed by atoms with van der Waals surface area (Å²) in [5, 5.41) is 6.14. The largest absolute Gasteiger partial charge is 0.350 e. The van der Waals surface area contributed by atoms with Crippen molar-refractivity contribution < 1.29 is 14.0 Å². The Morgan fingerprint density at radius 1 is 1.26 bits per heavy atom. The molecule has 5 nitrogen and oxygen atoms in total. The molecule has 1 unspecified atom stereocenters. The monoisotopic (exact) mass is 399 g/mol. The second kappa shape index (κ2) is 11.9. The molecule has 7 heteroatoms. The Bertz CT molecular complexity index is 591. The molecule has 1 fully saturated rings. The van der Waals surface area contributed by atoms with Crippen molar-refractivity contribution in [3.05, 3.63) is 35.6 Å². The number of halogens is 2. The van der Waals surface area contributed by atoms with Crippen molar-refractivity contribution in [1.29, 1.82) is 0 Å². The van der Waals surface area contributed by atoms with E-state index in [1.807, 2.05) is 6.92 Å². The van der Waals surface area contributed by atoms with Crippen molar-refractivity contribution in [2.24, 2.45) is 11.8 Å². The van der Waals surface area contributed by atoms with Gasteiger partial charge in [-0.1, -0.05) is 19.1 Å². The van der Waals surface area contributed by atoms with Gasteiger partial charge in [-0.2, -0.15) is 0 Å². The standard InChI is InChI=1S/C20H30FN3O2.ClH/c1-3-24(20(26)12-15(2)17-8-10-22-11-9-17)14-19(25)23-13-16-4-6-18(21)7-5-16;/h4-7,15,17,22H,3,8-14H2,1-2H3,(H,23,25);1H. The molecule has 0 radical (unpaired) electrons. The Morgan fingerprint density at radius 2 is 1.89 bits per heavy atom. The maximum Gasteiger partial charge on any atom is 0.239 e. The topological polar surface area (TPSA) is 61.4 Å². The predicted octanol–water partition coefficient (Wildman–Crippen LogP) is 2.74. The quantitative estimate of drug-likeness (QED) is 0.706. The van der Waals surface area contributed by atoms with E-state index in [0.29, 0.717) is 31.3 Å². The average molecular weight is 400 g/mol. The first-order chi connectivity index (χ1) is 12.5. The Kier molecular flexibility index (Phi) is 10.3. The second-order valence-corrected chi connectivity index (χ2v) is 7.08. The summed E-state index contributed by atoms with van der Waals surface area (Å²) in [6, 6.07) is 6.01. The number of likely N-dealkylation sites (N-methyl/N-ethyl adjacent to an activating group) is 1. The fraction of sp³-hybridized carbons (Fsp3) is 0.600. The summed E-state index contributed by atoms with van der Waals surface area (Å²) < 4.78 is 12.9. The molecule has 1 aliphatic heterocycles. The first-order valence-corrected chi connectivity index (χ1v) is 9.49. The summed E-state index contributed by atoms with van der Waals surface area (Å²) >= 11 is 0. The van der Waals surface area contributed by atoms with E-state index in [4.69, 9.17) is 0 Å². The number of nitrogens with zero attached hydrogens (tertiary/aromatic N) is 1. The highest BCUT2D eigenvalue weighted by atomic mass is 35.5. The van der Waals surface area contributed by atoms with Crippen LogP contribution in [0.5, 0.6) is 0 Å². The van der Waals surface area contributed by atoms with Gasteiger partial charge < -0.3 is 15.5 Å². The lowest BCUT2D eigenvalue weighted by Gasteiger charge is -2.29. The molecule has 0 saturated carbocycles. The molecule has 1 atom stereocenters. The van der Waals surface area contributed by atoms with Crippen molar-refractivity contribution in [2.45, 2.75) is 39.7 Å². The number of carbonyl (C=O) groups excluding carboxylic acids is 2. The number of nitrogens with one attached hydrogen (secondary N) is 2. The van der Waals surface area contributed by atoms with Gasteiger partial charge in [0.1, 0.15) is 5.82 Å². The fourth-order valence-electron chi connectivity index (χ4n) is 3.39. The van der Waals surface area contributed by atoms with E-state index < -0.39 is 0 Å². The molecular formula is C20H31ClFN3O2. The van der Waals surface area contributed by atoms with Crippen molar-refractivity contribution >= 4 is 24.2 Å². The zero-order valence-electron chi connectivity index (χ0n) is 16.2. The Labute approximate surface area is 167 Å². The van der Waals surface area contributed by atoms with Crippen LogP contribution in [0.25, 0.3) is 0 Å². The van der Waals surface area contributed by atoms with E-state index in [1.165, 1.54) is 12.1 Å². The number of carbonyl (C=O) groups is 2. The maximum atomic E-state index is 12.9. The Balaban J connectivity index is 0.00000364. The van der Waals surface area contributed by atoms with Gasteiger partial charge in [0.05, 0.1) is 6.54 Å². The molecule has 1 saturated heterocycles. The zero-order valence-corrected chi connectivity index (χ0v) is 17.0. The van der Waals surface area contributed by atoms with Crippen LogP contribution in [0.1, 0.15) is 38.7 Å². The highest BCUT2D eigenvalue weighted by Crippen LogP contribution is 2.24. The summed E-state index contributed by atoms with van der Waals surface area (Å²) in [6.45, 7) is 6.98. The van der Waals surface area contributed by atoms with Gasteiger partial charge in [0.15, 0.2) is 0 Å². The summed E-state index contributed by atoms with van der Waals surface area (Å²) in [6.07, 6.45) is 2.71. The van der Waals surface area contributed by atoms with E-state index in [2.05, 4.69) is 17.6 Å². The molecule has 0 aromatic heterocycles. The summed E-state index contributed by atoms with van der Waals surface area (Å²) in [5.74, 6) is 0.451. The minimum atomic E-state index is -0.300. The molecule has 1 aromatic rings. The molecule has 2 rings (SSSR count). The highest BCUT2D eigenvalue weighted by molar-refractivity contribution is 5.85. The SMILES string of the molecule is CCN(CC(=O)NCc1ccc(F)cc1)C(=O)CC(C)C1CCNCC1.Cl. The third-order valence-electron chi connectivity index (χ3n) is 5.16. The van der Waals surface area contributed by atoms with E-state index in [9.17, 15) is 14.0 Å². The molecule has 1 heterocycles. The van der Waals surface area contributed by atoms with Crippen LogP contribution in [0.4, 0.5) is 4.39 Å². The molecular weight excluding hydrogens is 369 g/mol. The van der Waals surface area contributed by atoms with E-state index >= 15 is 0 Å². The van der Waals surface area contributed by atoms with Crippen LogP contribution in [0.2, 0.25) is 0 Å². The molecule has 27 heavy (non-hydrogen) atoms. The number of amides is 2. The van der Waals surface area contributed by atoms with Crippen LogP contribution < -0.4 is 10.6 Å². The van der Waals surface area contributed by atoms with Gasteiger partial charge in [-0.25, -0.2) is 4.39 Å². The highest BCUT2D eigenvalue weighted by Gasteiger charge is 2.24. The number of benzene rings is 1. The van der Waals surface area contributed by atoms with Crippen LogP contribution >= 0.6 is 12.4 Å². The number of hydrogen-bond acceptors (Lipinski definition) is 3. The second-order valence-electron chi connectivity index (χ2n) is 7.08. The minimum Gasteiger partial charge on any atom is -0.350 e. The smallest absolute Gasteiger partial charge is 0.239 e. The number of hydrogen-bond donors (Lipinski definition) is 2. The predicted molar refractivity (Wildman–Crippen MR) is 107 cm³/mol. The lowest BCUT2D eigenvalue weighted by atomic mass is 9.84. The van der Waals surface area contributed by atoms with Crippen LogP contribution in [0.15, 0.2) is 24.3 Å². The normalized spacial score (nSPS) is 15.5. The molecule has 0 aliphatic carbocycles. The van der Waals surface area contributed by atoms with E-state index in [1.54, 1.807) is 17.0 Å². The lowest BCUT2D eigenvalue weighted by molar-refractivity contribution is -0.137. The fourth-order valence-corrected chi connectivity index (χ4v) is 3.39. The molecule has 0 spiro atoms. The molecule has 1 aliphatic rings. The zero-order chi connectivity index (χ0) is 18.9. The molecule has 152 valence electrons. The minimum absolute atomic E-state index is 0. The van der Waals surface area contributed by atoms with Gasteiger partial charge in [-0.15, -0.1) is 12.4 Å². The molecule has 0 bridgehead atoms. The first kappa shape index (κ1) is 23.4. The average Bonchev–Trinajstić information content (AvgIpc) is 2.66. The molecule has 2 amide bonds. The van der Waals surface area contributed by atoms with Gasteiger partial charge in [0.25, 0.3) is 0 Å².